The summed E-state index contributed by atoms with van der Waals surface area (Å²) < 4.78 is 0. The monoisotopic (exact) mass is 410 g/mol. The zero-order valence-electron chi connectivity index (χ0n) is 4.59. The van der Waals surface area contributed by atoms with Crippen LogP contribution in [-0.2, 0) is 27.7 Å². The summed E-state index contributed by atoms with van der Waals surface area (Å²) in [5, 5.41) is 0. The van der Waals surface area contributed by atoms with Crippen LogP contribution in [0.5, 0.6) is 0 Å². The van der Waals surface area contributed by atoms with Crippen LogP contribution in [0.4, 0.5) is 0 Å². The largest absolute Gasteiger partial charge is 1.00 e. The van der Waals surface area contributed by atoms with Gasteiger partial charge in [0.05, 0.1) is 0 Å². The Balaban J connectivity index is 0. The molecule has 0 radical (unpaired) electrons. The Labute approximate surface area is 135 Å². The molecule has 0 fully saturated rings. The summed E-state index contributed by atoms with van der Waals surface area (Å²) in [6.07, 6.45) is 0. The predicted molar refractivity (Wildman–Crippen MR) is 4.73 cm³/mol. The van der Waals surface area contributed by atoms with Gasteiger partial charge in [0.1, 0.15) is 0 Å². The first kappa shape index (κ1) is 34.8. The Bertz CT molecular complexity index is 15.5. The number of rotatable bonds is 0. The molecule has 0 rings (SSSR count). The van der Waals surface area contributed by atoms with Gasteiger partial charge in [-0.15, -0.1) is 0 Å². The van der Waals surface area contributed by atoms with Gasteiger partial charge in [-0.05, 0) is 0 Å². The first-order chi connectivity index (χ1) is 0. The standard InChI is InChI=1S/Hg.HI.K.Na.H2O.H/h;1H;;;1H2;/q;;2*+1;;-1/p-1. The number of halogens is 1. The van der Waals surface area contributed by atoms with Crippen LogP contribution >= 0.6 is 0 Å². The van der Waals surface area contributed by atoms with Crippen molar-refractivity contribution in [3.8, 4) is 0 Å². The fourth-order valence-corrected chi connectivity index (χ4v) is 0. The Kier molecular flexibility index (Phi) is 167. The van der Waals surface area contributed by atoms with E-state index in [-0.39, 0.29) is 139 Å². The zero-order valence-corrected chi connectivity index (χ0v) is 16.4. The molecule has 5 heavy (non-hydrogen) atoms. The summed E-state index contributed by atoms with van der Waals surface area (Å²) in [6, 6.07) is 0. The molecule has 0 unspecified atom stereocenters. The first-order valence-corrected chi connectivity index (χ1v) is 0. The third-order valence-corrected chi connectivity index (χ3v) is 0. The average Bonchev–Trinajstić information content (AvgIpc) is 0. The van der Waals surface area contributed by atoms with Gasteiger partial charge >= 0.3 is 80.9 Å². The maximum atomic E-state index is 0. The van der Waals surface area contributed by atoms with Crippen LogP contribution in [-0.4, -0.2) is 5.48 Å². The number of hydrogen-bond acceptors (Lipinski definition) is 0. The van der Waals surface area contributed by atoms with Gasteiger partial charge in [-0.2, -0.15) is 0 Å². The van der Waals surface area contributed by atoms with Gasteiger partial charge in [-0.25, -0.2) is 0 Å². The molecule has 5 heteroatoms. The van der Waals surface area contributed by atoms with Crippen LogP contribution in [0.25, 0.3) is 0 Å². The molecule has 0 aromatic rings. The van der Waals surface area contributed by atoms with Gasteiger partial charge in [0.15, 0.2) is 0 Å². The van der Waals surface area contributed by atoms with Crippen molar-refractivity contribution < 1.29 is 139 Å². The minimum absolute atomic E-state index is 0. The maximum absolute atomic E-state index is 0. The molecular formula is H3HgIKNaO. The van der Waals surface area contributed by atoms with E-state index in [2.05, 4.69) is 0 Å². The normalized spacial score (nSPS) is 0. The third-order valence-electron chi connectivity index (χ3n) is 0. The summed E-state index contributed by atoms with van der Waals surface area (Å²) in [5.74, 6) is 0. The summed E-state index contributed by atoms with van der Waals surface area (Å²) in [6.45, 7) is 0. The van der Waals surface area contributed by atoms with Gasteiger partial charge in [0.25, 0.3) is 0 Å². The van der Waals surface area contributed by atoms with Gasteiger partial charge in [-0.3, -0.25) is 0 Å². The molecule has 0 aromatic heterocycles. The van der Waals surface area contributed by atoms with E-state index in [1.807, 2.05) is 0 Å². The van der Waals surface area contributed by atoms with Crippen molar-refractivity contribution in [2.24, 2.45) is 0 Å². The van der Waals surface area contributed by atoms with E-state index in [0.29, 0.717) is 0 Å². The Hall–Kier alpha value is 4.26. The van der Waals surface area contributed by atoms with Crippen LogP contribution in [0.15, 0.2) is 0 Å². The summed E-state index contributed by atoms with van der Waals surface area (Å²) in [5.41, 5.74) is 0. The molecule has 0 amide bonds. The van der Waals surface area contributed by atoms with Crippen LogP contribution in [0, 0.1) is 0 Å². The fraction of sp³-hybridized carbons (Fsp3) is 0. The SMILES string of the molecule is O.[H-].[Hg].[I-].[K+].[Na+]. The predicted octanol–water partition coefficient (Wildman–Crippen LogP) is -9.70. The van der Waals surface area contributed by atoms with E-state index in [4.69, 9.17) is 0 Å². The van der Waals surface area contributed by atoms with Gasteiger partial charge in [-0.1, -0.05) is 0 Å². The molecule has 0 aliphatic heterocycles. The second-order valence-electron chi connectivity index (χ2n) is 0. The van der Waals surface area contributed by atoms with Crippen LogP contribution in [0.2, 0.25) is 0 Å². The maximum Gasteiger partial charge on any atom is 1.00 e. The Morgan fingerprint density at radius 3 is 1.20 bits per heavy atom. The molecule has 1 nitrogen and oxygen atoms in total. The van der Waals surface area contributed by atoms with Gasteiger partial charge in [0, 0.05) is 27.7 Å². The molecule has 0 aromatic carbocycles. The summed E-state index contributed by atoms with van der Waals surface area (Å²) >= 11 is 0. The van der Waals surface area contributed by atoms with Crippen LogP contribution in [0.3, 0.4) is 0 Å². The van der Waals surface area contributed by atoms with Crippen molar-refractivity contribution in [1.82, 2.24) is 0 Å². The van der Waals surface area contributed by atoms with E-state index in [1.165, 1.54) is 0 Å². The van der Waals surface area contributed by atoms with Crippen LogP contribution in [0.1, 0.15) is 1.43 Å². The smallest absolute Gasteiger partial charge is 1.00 e. The second-order valence-corrected chi connectivity index (χ2v) is 0. The molecule has 0 saturated carbocycles. The molecule has 0 atom stereocenters. The van der Waals surface area contributed by atoms with Crippen molar-refractivity contribution in [3.05, 3.63) is 0 Å². The van der Waals surface area contributed by atoms with Crippen molar-refractivity contribution in [2.75, 3.05) is 0 Å². The third kappa shape index (κ3) is 17.8. The van der Waals surface area contributed by atoms with Crippen LogP contribution < -0.4 is 105 Å². The molecule has 0 heterocycles. The first-order valence-electron chi connectivity index (χ1n) is 0. The Morgan fingerprint density at radius 2 is 1.20 bits per heavy atom. The van der Waals surface area contributed by atoms with E-state index >= 15 is 0 Å². The Morgan fingerprint density at radius 1 is 1.20 bits per heavy atom. The second kappa shape index (κ2) is 24.0. The van der Waals surface area contributed by atoms with E-state index in [1.54, 1.807) is 0 Å². The topological polar surface area (TPSA) is 31.5 Å². The molecule has 0 spiro atoms. The minimum atomic E-state index is 0. The fourth-order valence-electron chi connectivity index (χ4n) is 0. The summed E-state index contributed by atoms with van der Waals surface area (Å²) in [7, 11) is 0. The number of hydrogen-bond donors (Lipinski definition) is 0. The van der Waals surface area contributed by atoms with Crippen molar-refractivity contribution in [2.45, 2.75) is 0 Å². The van der Waals surface area contributed by atoms with E-state index < -0.39 is 0 Å². The van der Waals surface area contributed by atoms with E-state index in [9.17, 15) is 0 Å². The van der Waals surface area contributed by atoms with Crippen molar-refractivity contribution in [3.63, 3.8) is 0 Å². The molecule has 2 N–H and O–H groups in total. The zero-order chi connectivity index (χ0) is 0. The quantitative estimate of drug-likeness (QED) is 0.282. The molecule has 0 saturated heterocycles. The van der Waals surface area contributed by atoms with Gasteiger partial charge < -0.3 is 30.9 Å². The molecule has 0 aliphatic rings. The minimum Gasteiger partial charge on any atom is -1.00 e. The molecule has 20 valence electrons. The van der Waals surface area contributed by atoms with Crippen molar-refractivity contribution >= 4 is 0 Å². The molecular weight excluding hydrogens is 406 g/mol. The average molecular weight is 409 g/mol. The van der Waals surface area contributed by atoms with E-state index in [0.717, 1.165) is 0 Å². The van der Waals surface area contributed by atoms with Crippen molar-refractivity contribution in [1.29, 1.82) is 0 Å². The molecule has 0 bridgehead atoms. The van der Waals surface area contributed by atoms with Gasteiger partial charge in [0.2, 0.25) is 0 Å². The molecule has 0 aliphatic carbocycles. The summed E-state index contributed by atoms with van der Waals surface area (Å²) in [4.78, 5) is 0.